The number of nitrogens with zero attached hydrogens (tertiary/aromatic N) is 4. The first-order valence-electron chi connectivity index (χ1n) is 9.78. The Morgan fingerprint density at radius 3 is 2.64 bits per heavy atom. The average molecular weight is 399 g/mol. The molecule has 0 saturated carbocycles. The van der Waals surface area contributed by atoms with Crippen LogP contribution in [0.1, 0.15) is 60.9 Å². The Morgan fingerprint density at radius 1 is 1.21 bits per heavy atom. The molecule has 2 aromatic heterocycles. The first-order chi connectivity index (χ1) is 13.1. The number of carbonyl (C=O) groups excluding carboxylic acids is 1. The van der Waals surface area contributed by atoms with Crippen LogP contribution in [0.25, 0.3) is 11.0 Å². The van der Waals surface area contributed by atoms with Crippen molar-refractivity contribution in [1.29, 1.82) is 0 Å². The number of halogens is 1. The molecule has 4 rings (SSSR count). The van der Waals surface area contributed by atoms with Crippen LogP contribution in [0.2, 0.25) is 0 Å². The van der Waals surface area contributed by atoms with Crippen molar-refractivity contribution >= 4 is 29.3 Å². The summed E-state index contributed by atoms with van der Waals surface area (Å²) < 4.78 is 2.27. The van der Waals surface area contributed by atoms with Gasteiger partial charge < -0.3 is 9.47 Å². The zero-order valence-electron chi connectivity index (χ0n) is 16.6. The molecule has 1 amide bonds. The third-order valence-electron chi connectivity index (χ3n) is 5.49. The van der Waals surface area contributed by atoms with E-state index in [2.05, 4.69) is 30.3 Å². The zero-order chi connectivity index (χ0) is 19.0. The number of carbonyl (C=O) groups is 1. The largest absolute Gasteiger partial charge is 0.338 e. The second kappa shape index (κ2) is 8.31. The van der Waals surface area contributed by atoms with Gasteiger partial charge in [0, 0.05) is 36.8 Å². The van der Waals surface area contributed by atoms with E-state index >= 15 is 0 Å². The Bertz CT molecular complexity index is 964. The normalized spacial score (nSPS) is 16.6. The first kappa shape index (κ1) is 20.3. The minimum Gasteiger partial charge on any atom is -0.338 e. The van der Waals surface area contributed by atoms with Crippen LogP contribution in [-0.4, -0.2) is 38.4 Å². The van der Waals surface area contributed by atoms with Crippen molar-refractivity contribution in [3.63, 3.8) is 0 Å². The lowest BCUT2D eigenvalue weighted by Gasteiger charge is -2.19. The van der Waals surface area contributed by atoms with E-state index in [1.165, 1.54) is 5.56 Å². The Balaban J connectivity index is 0.00000225. The maximum absolute atomic E-state index is 12.9. The molecule has 3 aromatic rings. The van der Waals surface area contributed by atoms with Crippen LogP contribution in [0.4, 0.5) is 0 Å². The molecule has 5 nitrogen and oxygen atoms in total. The second-order valence-electron chi connectivity index (χ2n) is 7.59. The molecule has 28 heavy (non-hydrogen) atoms. The third-order valence-corrected chi connectivity index (χ3v) is 5.49. The number of hydrogen-bond donors (Lipinski definition) is 0. The second-order valence-corrected chi connectivity index (χ2v) is 7.59. The molecule has 1 fully saturated rings. The van der Waals surface area contributed by atoms with Gasteiger partial charge in [0.15, 0.2) is 0 Å². The molecule has 1 saturated heterocycles. The van der Waals surface area contributed by atoms with Gasteiger partial charge in [0.1, 0.15) is 5.82 Å². The number of hydrogen-bond acceptors (Lipinski definition) is 3. The van der Waals surface area contributed by atoms with Crippen LogP contribution < -0.4 is 0 Å². The van der Waals surface area contributed by atoms with Crippen molar-refractivity contribution in [2.45, 2.75) is 45.6 Å². The summed E-state index contributed by atoms with van der Waals surface area (Å²) in [6.45, 7) is 7.96. The highest BCUT2D eigenvalue weighted by molar-refractivity contribution is 5.94. The summed E-state index contributed by atoms with van der Waals surface area (Å²) in [7, 11) is 0. The van der Waals surface area contributed by atoms with Gasteiger partial charge >= 0.3 is 0 Å². The van der Waals surface area contributed by atoms with Gasteiger partial charge in [-0.25, -0.2) is 4.98 Å². The molecular formula is C22H27ClN4O. The van der Waals surface area contributed by atoms with Crippen molar-refractivity contribution in [1.82, 2.24) is 19.4 Å². The van der Waals surface area contributed by atoms with Gasteiger partial charge in [-0.1, -0.05) is 19.1 Å². The van der Waals surface area contributed by atoms with Crippen LogP contribution in [-0.2, 0) is 6.42 Å². The highest BCUT2D eigenvalue weighted by Gasteiger charge is 2.31. The number of amides is 1. The molecule has 1 aromatic carbocycles. The fourth-order valence-corrected chi connectivity index (χ4v) is 4.01. The molecule has 1 aliphatic heterocycles. The lowest BCUT2D eigenvalue weighted by Crippen LogP contribution is -2.28. The zero-order valence-corrected chi connectivity index (χ0v) is 17.4. The summed E-state index contributed by atoms with van der Waals surface area (Å²) in [5.74, 6) is 1.46. The van der Waals surface area contributed by atoms with Gasteiger partial charge in [0.2, 0.25) is 0 Å². The third kappa shape index (κ3) is 3.63. The highest BCUT2D eigenvalue weighted by atomic mass is 35.5. The summed E-state index contributed by atoms with van der Waals surface area (Å²) in [5, 5.41) is 0. The summed E-state index contributed by atoms with van der Waals surface area (Å²) in [5.41, 5.74) is 4.08. The highest BCUT2D eigenvalue weighted by Crippen LogP contribution is 2.32. The van der Waals surface area contributed by atoms with Crippen molar-refractivity contribution in [3.8, 4) is 0 Å². The van der Waals surface area contributed by atoms with Gasteiger partial charge in [-0.15, -0.1) is 12.4 Å². The van der Waals surface area contributed by atoms with E-state index in [-0.39, 0.29) is 24.2 Å². The van der Waals surface area contributed by atoms with E-state index in [0.29, 0.717) is 6.04 Å². The predicted octanol–water partition coefficient (Wildman–Crippen LogP) is 4.63. The summed E-state index contributed by atoms with van der Waals surface area (Å²) >= 11 is 0. The minimum atomic E-state index is 0. The molecule has 6 heteroatoms. The first-order valence-corrected chi connectivity index (χ1v) is 9.78. The van der Waals surface area contributed by atoms with Crippen LogP contribution in [0.5, 0.6) is 0 Å². The van der Waals surface area contributed by atoms with E-state index in [0.717, 1.165) is 48.4 Å². The van der Waals surface area contributed by atoms with Gasteiger partial charge in [0.05, 0.1) is 17.2 Å². The molecule has 0 spiro atoms. The maximum atomic E-state index is 12.9. The summed E-state index contributed by atoms with van der Waals surface area (Å²) in [6, 6.07) is 10.3. The number of fused-ring (bicyclic) bond motifs is 1. The predicted molar refractivity (Wildman–Crippen MR) is 114 cm³/mol. The molecule has 0 bridgehead atoms. The quantitative estimate of drug-likeness (QED) is 0.644. The van der Waals surface area contributed by atoms with Crippen LogP contribution in [0, 0.1) is 0 Å². The molecule has 3 heterocycles. The maximum Gasteiger partial charge on any atom is 0.253 e. The summed E-state index contributed by atoms with van der Waals surface area (Å²) in [4.78, 5) is 24.0. The van der Waals surface area contributed by atoms with Gasteiger partial charge in [-0.3, -0.25) is 9.78 Å². The van der Waals surface area contributed by atoms with Crippen molar-refractivity contribution in [2.24, 2.45) is 0 Å². The van der Waals surface area contributed by atoms with Gasteiger partial charge in [-0.05, 0) is 50.5 Å². The standard InChI is InChI=1S/C22H26N4O.ClH/c1-4-16-5-7-17(8-6-16)22(27)25-12-10-18(14-25)21-24-19-9-11-23-13-20(19)26(21)15(2)3;/h5-9,11,13,15,18H,4,10,12,14H2,1-3H3;1H. The number of aryl methyl sites for hydroxylation is 1. The Hall–Kier alpha value is -2.40. The van der Waals surface area contributed by atoms with E-state index < -0.39 is 0 Å². The van der Waals surface area contributed by atoms with Crippen LogP contribution in [0.15, 0.2) is 42.7 Å². The Morgan fingerprint density at radius 2 is 1.96 bits per heavy atom. The lowest BCUT2D eigenvalue weighted by atomic mass is 10.1. The van der Waals surface area contributed by atoms with Crippen molar-refractivity contribution in [3.05, 3.63) is 59.7 Å². The van der Waals surface area contributed by atoms with Gasteiger partial charge in [0.25, 0.3) is 5.91 Å². The molecule has 0 radical (unpaired) electrons. The van der Waals surface area contributed by atoms with Gasteiger partial charge in [-0.2, -0.15) is 0 Å². The van der Waals surface area contributed by atoms with E-state index in [1.807, 2.05) is 41.4 Å². The SMILES string of the molecule is CCc1ccc(C(=O)N2CCC(c3nc4ccncc4n3C(C)C)C2)cc1.Cl. The van der Waals surface area contributed by atoms with E-state index in [1.54, 1.807) is 6.20 Å². The molecule has 1 unspecified atom stereocenters. The molecule has 148 valence electrons. The van der Waals surface area contributed by atoms with Crippen molar-refractivity contribution < 1.29 is 4.79 Å². The average Bonchev–Trinajstić information content (AvgIpc) is 3.32. The Labute approximate surface area is 172 Å². The van der Waals surface area contributed by atoms with Crippen LogP contribution in [0.3, 0.4) is 0 Å². The molecule has 1 aliphatic rings. The molecular weight excluding hydrogens is 372 g/mol. The van der Waals surface area contributed by atoms with E-state index in [9.17, 15) is 4.79 Å². The fraction of sp³-hybridized carbons (Fsp3) is 0.409. The molecule has 0 aliphatic carbocycles. The number of aromatic nitrogens is 3. The smallest absolute Gasteiger partial charge is 0.253 e. The fourth-order valence-electron chi connectivity index (χ4n) is 4.01. The number of benzene rings is 1. The Kier molecular flexibility index (Phi) is 6.04. The minimum absolute atomic E-state index is 0. The number of likely N-dealkylation sites (tertiary alicyclic amines) is 1. The van der Waals surface area contributed by atoms with Crippen LogP contribution >= 0.6 is 12.4 Å². The molecule has 0 N–H and O–H groups in total. The van der Waals surface area contributed by atoms with Crippen molar-refractivity contribution in [2.75, 3.05) is 13.1 Å². The topological polar surface area (TPSA) is 51.0 Å². The number of pyridine rings is 1. The lowest BCUT2D eigenvalue weighted by molar-refractivity contribution is 0.0790. The number of rotatable bonds is 4. The summed E-state index contributed by atoms with van der Waals surface area (Å²) in [6.07, 6.45) is 5.61. The molecule has 1 atom stereocenters. The van der Waals surface area contributed by atoms with E-state index in [4.69, 9.17) is 4.98 Å². The monoisotopic (exact) mass is 398 g/mol. The number of imidazole rings is 1.